The number of nitrogens with zero attached hydrogens (tertiary/aromatic N) is 1. The van der Waals surface area contributed by atoms with Crippen molar-refractivity contribution >= 4 is 22.9 Å². The van der Waals surface area contributed by atoms with Gasteiger partial charge in [0.1, 0.15) is 5.75 Å². The number of phenols is 1. The van der Waals surface area contributed by atoms with Gasteiger partial charge in [0.2, 0.25) is 0 Å². The van der Waals surface area contributed by atoms with E-state index in [0.29, 0.717) is 21.8 Å². The van der Waals surface area contributed by atoms with Gasteiger partial charge in [0.15, 0.2) is 5.01 Å². The van der Waals surface area contributed by atoms with Crippen LogP contribution in [0, 0.1) is 0 Å². The summed E-state index contributed by atoms with van der Waals surface area (Å²) in [6.07, 6.45) is -3.33. The van der Waals surface area contributed by atoms with Crippen LogP contribution in [0.1, 0.15) is 5.01 Å². The Morgan fingerprint density at radius 3 is 2.53 bits per heavy atom. The minimum atomic E-state index is -4.45. The van der Waals surface area contributed by atoms with Gasteiger partial charge in [-0.05, 0) is 17.7 Å². The highest BCUT2D eigenvalue weighted by Crippen LogP contribution is 2.37. The van der Waals surface area contributed by atoms with E-state index in [1.165, 1.54) is 18.2 Å². The fourth-order valence-corrected chi connectivity index (χ4v) is 2.10. The van der Waals surface area contributed by atoms with Crippen LogP contribution in [0.15, 0.2) is 24.4 Å². The summed E-state index contributed by atoms with van der Waals surface area (Å²) >= 11 is 6.12. The number of alkyl halides is 3. The molecule has 2 nitrogen and oxygen atoms in total. The van der Waals surface area contributed by atoms with E-state index >= 15 is 0 Å². The first-order valence-corrected chi connectivity index (χ1v) is 5.59. The van der Waals surface area contributed by atoms with Crippen LogP contribution in [0.2, 0.25) is 5.02 Å². The molecule has 0 atom stereocenters. The lowest BCUT2D eigenvalue weighted by atomic mass is 10.2. The molecule has 0 fully saturated rings. The molecular weight excluding hydrogens is 275 g/mol. The normalized spacial score (nSPS) is 11.8. The molecule has 1 heterocycles. The summed E-state index contributed by atoms with van der Waals surface area (Å²) in [5.41, 5.74) is 0.444. The average molecular weight is 280 g/mol. The van der Waals surface area contributed by atoms with E-state index in [1.54, 1.807) is 0 Å². The Labute approximate surface area is 103 Å². The van der Waals surface area contributed by atoms with E-state index in [2.05, 4.69) is 4.98 Å². The van der Waals surface area contributed by atoms with Crippen LogP contribution in [0.5, 0.6) is 5.75 Å². The molecule has 0 radical (unpaired) electrons. The topological polar surface area (TPSA) is 33.1 Å². The average Bonchev–Trinajstić information content (AvgIpc) is 2.70. The molecule has 1 aromatic heterocycles. The number of thiazole rings is 1. The van der Waals surface area contributed by atoms with Gasteiger partial charge in [0, 0.05) is 6.20 Å². The Morgan fingerprint density at radius 2 is 2.00 bits per heavy atom. The Morgan fingerprint density at radius 1 is 1.29 bits per heavy atom. The Kier molecular flexibility index (Phi) is 3.01. The van der Waals surface area contributed by atoms with Gasteiger partial charge in [0.25, 0.3) is 0 Å². The molecule has 2 aromatic rings. The lowest BCUT2D eigenvalue weighted by molar-refractivity contribution is -0.137. The van der Waals surface area contributed by atoms with Gasteiger partial charge in [-0.25, -0.2) is 4.98 Å². The zero-order valence-corrected chi connectivity index (χ0v) is 9.70. The first-order valence-electron chi connectivity index (χ1n) is 4.40. The van der Waals surface area contributed by atoms with Crippen molar-refractivity contribution in [3.8, 4) is 16.2 Å². The predicted octanol–water partition coefficient (Wildman–Crippen LogP) is 4.19. The maximum absolute atomic E-state index is 12.3. The lowest BCUT2D eigenvalue weighted by Gasteiger charge is -2.01. The van der Waals surface area contributed by atoms with Crippen molar-refractivity contribution in [2.45, 2.75) is 6.18 Å². The van der Waals surface area contributed by atoms with Crippen molar-refractivity contribution in [2.24, 2.45) is 0 Å². The fraction of sp³-hybridized carbons (Fsp3) is 0.100. The molecule has 2 rings (SSSR count). The van der Waals surface area contributed by atoms with Crippen LogP contribution in [0.3, 0.4) is 0 Å². The third kappa shape index (κ3) is 2.53. The monoisotopic (exact) mass is 279 g/mol. The third-order valence-corrected chi connectivity index (χ3v) is 3.39. The number of hydrogen-bond donors (Lipinski definition) is 1. The SMILES string of the molecule is Oc1cc(-c2cnc(C(F)(F)F)s2)ccc1Cl. The Hall–Kier alpha value is -1.27. The highest BCUT2D eigenvalue weighted by Gasteiger charge is 2.34. The minimum Gasteiger partial charge on any atom is -0.506 e. The van der Waals surface area contributed by atoms with Crippen molar-refractivity contribution < 1.29 is 18.3 Å². The lowest BCUT2D eigenvalue weighted by Crippen LogP contribution is -2.02. The summed E-state index contributed by atoms with van der Waals surface area (Å²) in [7, 11) is 0. The van der Waals surface area contributed by atoms with Crippen LogP contribution < -0.4 is 0 Å². The molecule has 0 saturated heterocycles. The van der Waals surface area contributed by atoms with Gasteiger partial charge in [-0.3, -0.25) is 0 Å². The highest BCUT2D eigenvalue weighted by atomic mass is 35.5. The van der Waals surface area contributed by atoms with Crippen LogP contribution >= 0.6 is 22.9 Å². The number of benzene rings is 1. The summed E-state index contributed by atoms with van der Waals surface area (Å²) in [5.74, 6) is -0.175. The second-order valence-corrected chi connectivity index (χ2v) is 4.63. The van der Waals surface area contributed by atoms with E-state index in [9.17, 15) is 18.3 Å². The van der Waals surface area contributed by atoms with Gasteiger partial charge >= 0.3 is 6.18 Å². The Bertz CT molecular complexity index is 553. The van der Waals surface area contributed by atoms with E-state index in [0.717, 1.165) is 6.20 Å². The number of aromatic hydroxyl groups is 1. The van der Waals surface area contributed by atoms with Gasteiger partial charge in [-0.2, -0.15) is 13.2 Å². The van der Waals surface area contributed by atoms with Crippen LogP contribution in [0.4, 0.5) is 13.2 Å². The van der Waals surface area contributed by atoms with Crippen molar-refractivity contribution in [1.29, 1.82) is 0 Å². The molecule has 1 aromatic carbocycles. The fourth-order valence-electron chi connectivity index (χ4n) is 1.20. The molecule has 0 amide bonds. The second-order valence-electron chi connectivity index (χ2n) is 3.19. The first-order chi connectivity index (χ1) is 7.88. The molecule has 0 bridgehead atoms. The van der Waals surface area contributed by atoms with Crippen LogP contribution in [-0.4, -0.2) is 10.1 Å². The molecule has 0 saturated carbocycles. The van der Waals surface area contributed by atoms with Crippen molar-refractivity contribution in [2.75, 3.05) is 0 Å². The molecule has 7 heteroatoms. The molecule has 90 valence electrons. The largest absolute Gasteiger partial charge is 0.506 e. The number of hydrogen-bond acceptors (Lipinski definition) is 3. The van der Waals surface area contributed by atoms with Gasteiger partial charge in [0.05, 0.1) is 9.90 Å². The second kappa shape index (κ2) is 4.19. The maximum Gasteiger partial charge on any atom is 0.443 e. The van der Waals surface area contributed by atoms with Gasteiger partial charge < -0.3 is 5.11 Å². The van der Waals surface area contributed by atoms with Gasteiger partial charge in [-0.15, -0.1) is 11.3 Å². The summed E-state index contributed by atoms with van der Waals surface area (Å²) in [6.45, 7) is 0. The van der Waals surface area contributed by atoms with E-state index in [-0.39, 0.29) is 10.8 Å². The molecule has 0 aliphatic rings. The van der Waals surface area contributed by atoms with Crippen LogP contribution in [0.25, 0.3) is 10.4 Å². The maximum atomic E-state index is 12.3. The zero-order valence-electron chi connectivity index (χ0n) is 8.12. The quantitative estimate of drug-likeness (QED) is 0.849. The van der Waals surface area contributed by atoms with E-state index in [4.69, 9.17) is 11.6 Å². The number of halogens is 4. The summed E-state index contributed by atoms with van der Waals surface area (Å²) in [4.78, 5) is 3.62. The smallest absolute Gasteiger partial charge is 0.443 e. The number of aromatic nitrogens is 1. The standard InChI is InChI=1S/C10H5ClF3NOS/c11-6-2-1-5(3-7(6)16)8-4-15-9(17-8)10(12,13)14/h1-4,16H. The summed E-state index contributed by atoms with van der Waals surface area (Å²) in [6, 6.07) is 4.24. The molecule has 0 aliphatic carbocycles. The predicted molar refractivity (Wildman–Crippen MR) is 59.2 cm³/mol. The molecule has 0 aliphatic heterocycles. The zero-order chi connectivity index (χ0) is 12.6. The van der Waals surface area contributed by atoms with Crippen molar-refractivity contribution in [1.82, 2.24) is 4.98 Å². The molecule has 0 spiro atoms. The number of rotatable bonds is 1. The van der Waals surface area contributed by atoms with E-state index < -0.39 is 11.2 Å². The molecular formula is C10H5ClF3NOS. The van der Waals surface area contributed by atoms with Gasteiger partial charge in [-0.1, -0.05) is 17.7 Å². The molecule has 1 N–H and O–H groups in total. The highest BCUT2D eigenvalue weighted by molar-refractivity contribution is 7.15. The number of phenolic OH excluding ortho intramolecular Hbond substituents is 1. The Balaban J connectivity index is 2.40. The molecule has 17 heavy (non-hydrogen) atoms. The van der Waals surface area contributed by atoms with Crippen molar-refractivity contribution in [3.63, 3.8) is 0 Å². The van der Waals surface area contributed by atoms with E-state index in [1.807, 2.05) is 0 Å². The molecule has 0 unspecified atom stereocenters. The van der Waals surface area contributed by atoms with Crippen LogP contribution in [-0.2, 0) is 6.18 Å². The summed E-state index contributed by atoms with van der Waals surface area (Å²) < 4.78 is 37.0. The third-order valence-electron chi connectivity index (χ3n) is 1.98. The first kappa shape index (κ1) is 12.2. The minimum absolute atomic E-state index is 0.148. The van der Waals surface area contributed by atoms with Crippen molar-refractivity contribution in [3.05, 3.63) is 34.4 Å². The summed E-state index contributed by atoms with van der Waals surface area (Å²) in [5, 5.41) is 8.59.